The lowest BCUT2D eigenvalue weighted by atomic mass is 10.0. The third-order valence-corrected chi connectivity index (χ3v) is 10.5. The second-order valence-corrected chi connectivity index (χ2v) is 14.3. The van der Waals surface area contributed by atoms with Gasteiger partial charge < -0.3 is 20.4 Å². The molecule has 16 nitrogen and oxygen atoms in total. The number of benzene rings is 2. The van der Waals surface area contributed by atoms with E-state index in [4.69, 9.17) is 0 Å². The Hall–Kier alpha value is -6.68. The van der Waals surface area contributed by atoms with E-state index in [1.54, 1.807) is 48.5 Å². The highest BCUT2D eigenvalue weighted by Crippen LogP contribution is 2.22. The van der Waals surface area contributed by atoms with Gasteiger partial charge in [-0.05, 0) is 48.9 Å². The van der Waals surface area contributed by atoms with E-state index in [1.807, 2.05) is 9.80 Å². The predicted molar refractivity (Wildman–Crippen MR) is 208 cm³/mol. The van der Waals surface area contributed by atoms with Crippen molar-refractivity contribution in [3.05, 3.63) is 125 Å². The summed E-state index contributed by atoms with van der Waals surface area (Å²) in [5, 5.41) is 25.2. The van der Waals surface area contributed by atoms with Crippen LogP contribution in [0, 0.1) is 22.7 Å². The highest BCUT2D eigenvalue weighted by atomic mass is 16.2. The van der Waals surface area contributed by atoms with Gasteiger partial charge in [-0.25, -0.2) is 9.59 Å². The third-order valence-electron chi connectivity index (χ3n) is 10.5. The Kier molecular flexibility index (Phi) is 12.0. The Bertz CT molecular complexity index is 2300. The van der Waals surface area contributed by atoms with E-state index in [2.05, 4.69) is 22.8 Å². The Labute approximate surface area is 322 Å². The fourth-order valence-corrected chi connectivity index (χ4v) is 7.45. The van der Waals surface area contributed by atoms with Crippen LogP contribution >= 0.6 is 0 Å². The smallest absolute Gasteiger partial charge is 0.332 e. The summed E-state index contributed by atoms with van der Waals surface area (Å²) in [4.78, 5) is 82.1. The topological polar surface area (TPSA) is 200 Å². The molecule has 2 aliphatic rings. The molecule has 0 bridgehead atoms. The maximum atomic E-state index is 13.3. The molecule has 0 unspecified atom stereocenters. The SMILES string of the molecule is Cn1c(=O)cc(N2CCC[C@@H](NC(=O)CCC(=O)N[C@@H]3CCCN(c4cc(=O)n(C)c(=O)n4Cc4ccccc4C#N)C3)C2)n(Cc2ccccc2C#N)c1=O. The average Bonchev–Trinajstić information content (AvgIpc) is 3.20. The number of hydrogen-bond donors (Lipinski definition) is 2. The molecule has 290 valence electrons. The van der Waals surface area contributed by atoms with Gasteiger partial charge in [0.15, 0.2) is 0 Å². The Balaban J connectivity index is 1.07. The lowest BCUT2D eigenvalue weighted by molar-refractivity contribution is -0.127. The first-order valence-corrected chi connectivity index (χ1v) is 18.6. The van der Waals surface area contributed by atoms with Crippen LogP contribution in [0.2, 0.25) is 0 Å². The summed E-state index contributed by atoms with van der Waals surface area (Å²) in [6.07, 6.45) is 2.63. The summed E-state index contributed by atoms with van der Waals surface area (Å²) in [6.45, 7) is 1.98. The molecule has 2 saturated heterocycles. The molecule has 4 heterocycles. The fraction of sp³-hybridized carbons (Fsp3) is 0.400. The van der Waals surface area contributed by atoms with Crippen molar-refractivity contribution in [2.45, 2.75) is 63.7 Å². The Morgan fingerprint density at radius 3 is 1.45 bits per heavy atom. The van der Waals surface area contributed by atoms with Crippen LogP contribution in [-0.4, -0.2) is 68.3 Å². The number of hydrogen-bond acceptors (Lipinski definition) is 10. The van der Waals surface area contributed by atoms with Crippen molar-refractivity contribution in [2.75, 3.05) is 36.0 Å². The average molecular weight is 761 g/mol. The number of anilines is 2. The number of nitriles is 2. The van der Waals surface area contributed by atoms with Crippen LogP contribution in [0.3, 0.4) is 0 Å². The molecule has 0 aliphatic carbocycles. The van der Waals surface area contributed by atoms with Crippen LogP contribution < -0.4 is 42.9 Å². The first-order chi connectivity index (χ1) is 27.0. The van der Waals surface area contributed by atoms with E-state index in [9.17, 15) is 39.3 Å². The highest BCUT2D eigenvalue weighted by molar-refractivity contribution is 5.84. The second kappa shape index (κ2) is 17.2. The van der Waals surface area contributed by atoms with Gasteiger partial charge in [-0.1, -0.05) is 36.4 Å². The largest absolute Gasteiger partial charge is 0.356 e. The van der Waals surface area contributed by atoms with Crippen molar-refractivity contribution in [1.29, 1.82) is 10.5 Å². The standard InChI is InChI=1S/C40H44N10O6/c1-45-37(53)19-35(49(39(45)55)23-29-11-5-3-9-27(29)21-41)47-17-7-13-31(25-47)43-33(51)15-16-34(52)44-32-14-8-18-48(26-32)36-20-38(54)46(2)40(56)50(36)24-30-12-6-4-10-28(30)22-42/h3-6,9-12,19-20,31-32H,7-8,13-18,23-26H2,1-2H3,(H,43,51)(H,44,52)/t31-,32-/m1/s1. The van der Waals surface area contributed by atoms with Crippen LogP contribution in [0.5, 0.6) is 0 Å². The quantitative estimate of drug-likeness (QED) is 0.221. The molecule has 0 saturated carbocycles. The minimum atomic E-state index is -0.512. The van der Waals surface area contributed by atoms with Gasteiger partial charge >= 0.3 is 11.4 Å². The van der Waals surface area contributed by atoms with Crippen LogP contribution in [0.4, 0.5) is 11.6 Å². The lowest BCUT2D eigenvalue weighted by Gasteiger charge is -2.36. The van der Waals surface area contributed by atoms with Crippen molar-refractivity contribution in [1.82, 2.24) is 28.9 Å². The van der Waals surface area contributed by atoms with Gasteiger partial charge in [0.1, 0.15) is 11.6 Å². The molecule has 56 heavy (non-hydrogen) atoms. The highest BCUT2D eigenvalue weighted by Gasteiger charge is 2.27. The first-order valence-electron chi connectivity index (χ1n) is 18.6. The van der Waals surface area contributed by atoms with E-state index >= 15 is 0 Å². The summed E-state index contributed by atoms with van der Waals surface area (Å²) in [5.41, 5.74) is 0.191. The van der Waals surface area contributed by atoms with Gasteiger partial charge in [0.25, 0.3) is 11.1 Å². The molecule has 6 rings (SSSR count). The minimum Gasteiger partial charge on any atom is -0.356 e. The number of amides is 2. The summed E-state index contributed by atoms with van der Waals surface area (Å²) in [5.74, 6) is 0.211. The second-order valence-electron chi connectivity index (χ2n) is 14.3. The Morgan fingerprint density at radius 2 is 1.05 bits per heavy atom. The maximum Gasteiger partial charge on any atom is 0.332 e. The zero-order valence-electron chi connectivity index (χ0n) is 31.4. The molecular formula is C40H44N10O6. The van der Waals surface area contributed by atoms with Crippen molar-refractivity contribution >= 4 is 23.5 Å². The molecule has 16 heteroatoms. The molecule has 2 N–H and O–H groups in total. The number of piperidine rings is 2. The molecule has 0 spiro atoms. The Morgan fingerprint density at radius 1 is 0.661 bits per heavy atom. The van der Waals surface area contributed by atoms with Crippen molar-refractivity contribution in [3.63, 3.8) is 0 Å². The van der Waals surface area contributed by atoms with E-state index < -0.39 is 22.5 Å². The van der Waals surface area contributed by atoms with E-state index in [0.717, 1.165) is 9.13 Å². The summed E-state index contributed by atoms with van der Waals surface area (Å²) in [6, 6.07) is 20.5. The normalized spacial score (nSPS) is 16.8. The van der Waals surface area contributed by atoms with E-state index in [1.165, 1.54) is 35.4 Å². The molecular weight excluding hydrogens is 717 g/mol. The fourth-order valence-electron chi connectivity index (χ4n) is 7.45. The molecule has 2 amide bonds. The minimum absolute atomic E-state index is 0.0487. The number of rotatable bonds is 11. The molecule has 2 aromatic carbocycles. The van der Waals surface area contributed by atoms with Gasteiger partial charge in [0, 0.05) is 77.3 Å². The number of nitrogens with zero attached hydrogens (tertiary/aromatic N) is 8. The zero-order valence-corrected chi connectivity index (χ0v) is 31.4. The van der Waals surface area contributed by atoms with Gasteiger partial charge in [-0.15, -0.1) is 0 Å². The van der Waals surface area contributed by atoms with E-state index in [-0.39, 0.29) is 49.8 Å². The maximum absolute atomic E-state index is 13.3. The van der Waals surface area contributed by atoms with E-state index in [0.29, 0.717) is 85.8 Å². The van der Waals surface area contributed by atoms with Crippen LogP contribution in [0.15, 0.2) is 79.8 Å². The molecule has 2 atom stereocenters. The van der Waals surface area contributed by atoms with Gasteiger partial charge in [-0.2, -0.15) is 10.5 Å². The number of carbonyl (C=O) groups is 2. The molecule has 4 aromatic rings. The number of carbonyl (C=O) groups excluding carboxylic acids is 2. The van der Waals surface area contributed by atoms with Crippen molar-refractivity contribution in [3.8, 4) is 12.1 Å². The number of nitrogens with one attached hydrogen (secondary N) is 2. The third kappa shape index (κ3) is 8.65. The van der Waals surface area contributed by atoms with Gasteiger partial charge in [0.05, 0.1) is 36.4 Å². The van der Waals surface area contributed by atoms with Crippen LogP contribution in [0.1, 0.15) is 60.8 Å². The lowest BCUT2D eigenvalue weighted by Crippen LogP contribution is -2.51. The number of aromatic nitrogens is 4. The van der Waals surface area contributed by atoms with Crippen LogP contribution in [-0.2, 0) is 36.8 Å². The summed E-state index contributed by atoms with van der Waals surface area (Å²) < 4.78 is 5.00. The molecule has 2 fully saturated rings. The molecule has 0 radical (unpaired) electrons. The summed E-state index contributed by atoms with van der Waals surface area (Å²) >= 11 is 0. The van der Waals surface area contributed by atoms with Crippen molar-refractivity contribution in [2.24, 2.45) is 14.1 Å². The first kappa shape index (κ1) is 39.0. The predicted octanol–water partition coefficient (Wildman–Crippen LogP) is 0.898. The molecule has 2 aromatic heterocycles. The zero-order chi connectivity index (χ0) is 39.9. The van der Waals surface area contributed by atoms with Gasteiger partial charge in [0.2, 0.25) is 11.8 Å². The van der Waals surface area contributed by atoms with Crippen molar-refractivity contribution < 1.29 is 9.59 Å². The summed E-state index contributed by atoms with van der Waals surface area (Å²) in [7, 11) is 2.82. The molecule has 2 aliphatic heterocycles. The van der Waals surface area contributed by atoms with Crippen LogP contribution in [0.25, 0.3) is 0 Å². The van der Waals surface area contributed by atoms with Gasteiger partial charge in [-0.3, -0.25) is 37.4 Å². The monoisotopic (exact) mass is 760 g/mol.